The summed E-state index contributed by atoms with van der Waals surface area (Å²) in [4.78, 5) is 14.9. The number of carbonyl (C=O) groups is 1. The normalized spacial score (nSPS) is 10.9. The Morgan fingerprint density at radius 2 is 1.74 bits per heavy atom. The second-order valence-electron chi connectivity index (χ2n) is 6.27. The Bertz CT molecular complexity index is 1050. The number of ketones is 1. The molecule has 0 N–H and O–H groups in total. The van der Waals surface area contributed by atoms with Crippen LogP contribution in [0, 0.1) is 6.92 Å². The molecule has 0 saturated heterocycles. The van der Waals surface area contributed by atoms with Gasteiger partial charge in [0.2, 0.25) is 5.82 Å². The number of aryl methyl sites for hydroxylation is 2. The highest BCUT2D eigenvalue weighted by Crippen LogP contribution is 2.26. The van der Waals surface area contributed by atoms with Crippen molar-refractivity contribution in [1.29, 1.82) is 0 Å². The molecule has 2 aromatic heterocycles. The monoisotopic (exact) mass is 374 g/mol. The third-order valence-corrected chi connectivity index (χ3v) is 5.53. The number of thiophene rings is 1. The molecular weight excluding hydrogens is 356 g/mol. The molecular formula is C21H18N4OS. The van der Waals surface area contributed by atoms with E-state index in [4.69, 9.17) is 0 Å². The SMILES string of the molecule is Cc1cc(-n2nnc(-c3ccccc3)n2)sc1C(=O)CCc1ccccc1. The second-order valence-corrected chi connectivity index (χ2v) is 7.30. The molecule has 2 aromatic carbocycles. The molecule has 0 saturated carbocycles. The number of carbonyl (C=O) groups excluding carboxylic acids is 1. The zero-order valence-electron chi connectivity index (χ0n) is 14.9. The zero-order chi connectivity index (χ0) is 18.6. The molecule has 6 heteroatoms. The number of tetrazole rings is 1. The lowest BCUT2D eigenvalue weighted by Gasteiger charge is -2.00. The Morgan fingerprint density at radius 3 is 2.48 bits per heavy atom. The molecule has 0 unspecified atom stereocenters. The van der Waals surface area contributed by atoms with Crippen molar-refractivity contribution >= 4 is 17.1 Å². The lowest BCUT2D eigenvalue weighted by Crippen LogP contribution is -2.00. The first-order valence-corrected chi connectivity index (χ1v) is 9.56. The van der Waals surface area contributed by atoms with Gasteiger partial charge in [-0.3, -0.25) is 4.79 Å². The first-order chi connectivity index (χ1) is 13.2. The quantitative estimate of drug-likeness (QED) is 0.466. The van der Waals surface area contributed by atoms with Crippen LogP contribution >= 0.6 is 11.3 Å². The summed E-state index contributed by atoms with van der Waals surface area (Å²) in [6.07, 6.45) is 1.23. The average molecular weight is 374 g/mol. The van der Waals surface area contributed by atoms with Gasteiger partial charge in [-0.15, -0.1) is 26.3 Å². The van der Waals surface area contributed by atoms with Crippen LogP contribution in [0.4, 0.5) is 0 Å². The molecule has 4 aromatic rings. The molecule has 0 aliphatic carbocycles. The second kappa shape index (κ2) is 7.63. The maximum atomic E-state index is 12.7. The Labute approximate surface area is 161 Å². The summed E-state index contributed by atoms with van der Waals surface area (Å²) in [5, 5.41) is 13.5. The van der Waals surface area contributed by atoms with Gasteiger partial charge in [-0.25, -0.2) is 0 Å². The maximum absolute atomic E-state index is 12.7. The van der Waals surface area contributed by atoms with Crippen molar-refractivity contribution in [3.8, 4) is 16.4 Å². The summed E-state index contributed by atoms with van der Waals surface area (Å²) in [5.41, 5.74) is 3.04. The van der Waals surface area contributed by atoms with Crippen LogP contribution in [0.3, 0.4) is 0 Å². The number of rotatable bonds is 6. The first-order valence-electron chi connectivity index (χ1n) is 8.74. The molecule has 4 rings (SSSR count). The van der Waals surface area contributed by atoms with Crippen LogP contribution in [-0.2, 0) is 6.42 Å². The molecule has 0 atom stereocenters. The van der Waals surface area contributed by atoms with E-state index in [9.17, 15) is 4.79 Å². The highest BCUT2D eigenvalue weighted by atomic mass is 32.1. The largest absolute Gasteiger partial charge is 0.293 e. The minimum atomic E-state index is 0.149. The minimum absolute atomic E-state index is 0.149. The van der Waals surface area contributed by atoms with Gasteiger partial charge in [0.1, 0.15) is 5.00 Å². The smallest absolute Gasteiger partial charge is 0.205 e. The average Bonchev–Trinajstić information content (AvgIpc) is 3.35. The van der Waals surface area contributed by atoms with Crippen molar-refractivity contribution < 1.29 is 4.79 Å². The van der Waals surface area contributed by atoms with Gasteiger partial charge in [0.25, 0.3) is 0 Å². The number of benzene rings is 2. The summed E-state index contributed by atoms with van der Waals surface area (Å²) in [7, 11) is 0. The highest BCUT2D eigenvalue weighted by Gasteiger charge is 2.16. The van der Waals surface area contributed by atoms with E-state index in [1.165, 1.54) is 21.7 Å². The molecule has 0 aliphatic rings. The summed E-state index contributed by atoms with van der Waals surface area (Å²) >= 11 is 1.41. The van der Waals surface area contributed by atoms with Gasteiger partial charge < -0.3 is 0 Å². The van der Waals surface area contributed by atoms with Crippen LogP contribution < -0.4 is 0 Å². The molecule has 0 aliphatic heterocycles. The Balaban J connectivity index is 1.51. The van der Waals surface area contributed by atoms with E-state index in [0.29, 0.717) is 12.2 Å². The van der Waals surface area contributed by atoms with Crippen molar-refractivity contribution in [3.63, 3.8) is 0 Å². The third-order valence-electron chi connectivity index (χ3n) is 4.28. The molecule has 0 bridgehead atoms. The van der Waals surface area contributed by atoms with Crippen LogP contribution in [0.5, 0.6) is 0 Å². The van der Waals surface area contributed by atoms with Gasteiger partial charge in [-0.1, -0.05) is 60.7 Å². The molecule has 134 valence electrons. The van der Waals surface area contributed by atoms with E-state index < -0.39 is 0 Å². The van der Waals surface area contributed by atoms with Crippen molar-refractivity contribution in [3.05, 3.63) is 82.7 Å². The highest BCUT2D eigenvalue weighted by molar-refractivity contribution is 7.16. The number of hydrogen-bond acceptors (Lipinski definition) is 5. The van der Waals surface area contributed by atoms with Crippen LogP contribution in [0.25, 0.3) is 16.4 Å². The van der Waals surface area contributed by atoms with Crippen molar-refractivity contribution in [2.75, 3.05) is 0 Å². The van der Waals surface area contributed by atoms with Crippen LogP contribution in [0.2, 0.25) is 0 Å². The fourth-order valence-corrected chi connectivity index (χ4v) is 3.91. The minimum Gasteiger partial charge on any atom is -0.293 e. The maximum Gasteiger partial charge on any atom is 0.205 e. The molecule has 5 nitrogen and oxygen atoms in total. The topological polar surface area (TPSA) is 60.7 Å². The lowest BCUT2D eigenvalue weighted by molar-refractivity contribution is 0.0986. The summed E-state index contributed by atoms with van der Waals surface area (Å²) in [6, 6.07) is 21.7. The van der Waals surface area contributed by atoms with E-state index >= 15 is 0 Å². The van der Waals surface area contributed by atoms with Crippen LogP contribution in [-0.4, -0.2) is 26.0 Å². The van der Waals surface area contributed by atoms with E-state index in [-0.39, 0.29) is 5.78 Å². The molecule has 27 heavy (non-hydrogen) atoms. The van der Waals surface area contributed by atoms with Gasteiger partial charge in [0.15, 0.2) is 5.78 Å². The Morgan fingerprint density at radius 1 is 1.04 bits per heavy atom. The van der Waals surface area contributed by atoms with Crippen molar-refractivity contribution in [2.24, 2.45) is 0 Å². The fraction of sp³-hybridized carbons (Fsp3) is 0.143. The van der Waals surface area contributed by atoms with Gasteiger partial charge in [0.05, 0.1) is 4.88 Å². The molecule has 0 spiro atoms. The number of hydrogen-bond donors (Lipinski definition) is 0. The first kappa shape index (κ1) is 17.3. The molecule has 0 fully saturated rings. The number of aromatic nitrogens is 4. The Hall–Kier alpha value is -3.12. The van der Waals surface area contributed by atoms with Crippen LogP contribution in [0.1, 0.15) is 27.2 Å². The molecule has 0 radical (unpaired) electrons. The van der Waals surface area contributed by atoms with E-state index in [1.54, 1.807) is 0 Å². The number of Topliss-reactive ketones (excluding diaryl/α,β-unsaturated/α-hetero) is 1. The van der Waals surface area contributed by atoms with E-state index in [1.807, 2.05) is 73.7 Å². The van der Waals surface area contributed by atoms with Crippen molar-refractivity contribution in [2.45, 2.75) is 19.8 Å². The predicted octanol–water partition coefficient (Wildman–Crippen LogP) is 4.51. The standard InChI is InChI=1S/C21H18N4OS/c1-15-14-19(25-23-21(22-24-25)17-10-6-3-7-11-17)27-20(15)18(26)13-12-16-8-4-2-5-9-16/h2-11,14H,12-13H2,1H3. The molecule has 0 amide bonds. The van der Waals surface area contributed by atoms with E-state index in [0.717, 1.165) is 27.4 Å². The summed E-state index contributed by atoms with van der Waals surface area (Å²) < 4.78 is 0. The number of nitrogens with zero attached hydrogens (tertiary/aromatic N) is 4. The van der Waals surface area contributed by atoms with Gasteiger partial charge in [0, 0.05) is 12.0 Å². The van der Waals surface area contributed by atoms with E-state index in [2.05, 4.69) is 15.4 Å². The summed E-state index contributed by atoms with van der Waals surface area (Å²) in [6.45, 7) is 1.95. The van der Waals surface area contributed by atoms with Gasteiger partial charge in [-0.2, -0.15) is 0 Å². The lowest BCUT2D eigenvalue weighted by atomic mass is 10.1. The van der Waals surface area contributed by atoms with Crippen LogP contribution in [0.15, 0.2) is 66.7 Å². The molecule has 2 heterocycles. The predicted molar refractivity (Wildman–Crippen MR) is 106 cm³/mol. The Kier molecular flexibility index (Phi) is 4.89. The van der Waals surface area contributed by atoms with Gasteiger partial charge >= 0.3 is 0 Å². The fourth-order valence-electron chi connectivity index (χ4n) is 2.87. The zero-order valence-corrected chi connectivity index (χ0v) is 15.7. The van der Waals surface area contributed by atoms with Crippen molar-refractivity contribution in [1.82, 2.24) is 20.2 Å². The third kappa shape index (κ3) is 3.85. The summed E-state index contributed by atoms with van der Waals surface area (Å²) in [5.74, 6) is 0.717. The van der Waals surface area contributed by atoms with Gasteiger partial charge in [-0.05, 0) is 35.8 Å².